The number of fused-ring (bicyclic) bond motifs is 1. The summed E-state index contributed by atoms with van der Waals surface area (Å²) >= 11 is 1.49. The van der Waals surface area contributed by atoms with E-state index in [1.807, 2.05) is 11.4 Å². The summed E-state index contributed by atoms with van der Waals surface area (Å²) in [7, 11) is 0. The Morgan fingerprint density at radius 1 is 1.07 bits per heavy atom. The van der Waals surface area contributed by atoms with Crippen molar-refractivity contribution in [1.82, 2.24) is 10.2 Å². The highest BCUT2D eigenvalue weighted by atomic mass is 32.1. The van der Waals surface area contributed by atoms with Crippen molar-refractivity contribution in [2.45, 2.75) is 19.1 Å². The lowest BCUT2D eigenvalue weighted by molar-refractivity contribution is 0.160. The van der Waals surface area contributed by atoms with Crippen molar-refractivity contribution in [1.29, 1.82) is 10.5 Å². The molecule has 0 saturated carbocycles. The SMILES string of the molecule is C[C@@H](O)[C@@H](Nc1ccc(C#N)c2sccc12)c1nnc(-c2ccc(C#N)cc2)o1. The van der Waals surface area contributed by atoms with E-state index in [9.17, 15) is 10.4 Å². The lowest BCUT2D eigenvalue weighted by Crippen LogP contribution is -2.23. The van der Waals surface area contributed by atoms with Crippen LogP contribution in [-0.2, 0) is 0 Å². The fourth-order valence-electron chi connectivity index (χ4n) is 3.00. The van der Waals surface area contributed by atoms with Crippen molar-refractivity contribution < 1.29 is 9.52 Å². The van der Waals surface area contributed by atoms with Crippen LogP contribution in [0.5, 0.6) is 0 Å². The van der Waals surface area contributed by atoms with E-state index in [0.717, 1.165) is 15.8 Å². The molecule has 8 heteroatoms. The highest BCUT2D eigenvalue weighted by molar-refractivity contribution is 7.17. The monoisotopic (exact) mass is 401 g/mol. The molecule has 2 aromatic carbocycles. The average molecular weight is 401 g/mol. The van der Waals surface area contributed by atoms with Crippen LogP contribution in [0.2, 0.25) is 0 Å². The number of hydrogen-bond donors (Lipinski definition) is 2. The molecule has 2 heterocycles. The molecule has 0 spiro atoms. The van der Waals surface area contributed by atoms with Crippen molar-refractivity contribution in [2.75, 3.05) is 5.32 Å². The zero-order valence-electron chi connectivity index (χ0n) is 15.3. The molecule has 0 bridgehead atoms. The highest BCUT2D eigenvalue weighted by Crippen LogP contribution is 2.34. The molecular weight excluding hydrogens is 386 g/mol. The van der Waals surface area contributed by atoms with Gasteiger partial charge in [0, 0.05) is 16.6 Å². The van der Waals surface area contributed by atoms with Crippen LogP contribution in [0.1, 0.15) is 30.0 Å². The van der Waals surface area contributed by atoms with Crippen molar-refractivity contribution >= 4 is 27.1 Å². The Kier molecular flexibility index (Phi) is 4.96. The van der Waals surface area contributed by atoms with Crippen LogP contribution in [-0.4, -0.2) is 21.4 Å². The lowest BCUT2D eigenvalue weighted by atomic mass is 10.1. The fourth-order valence-corrected chi connectivity index (χ4v) is 3.88. The quantitative estimate of drug-likeness (QED) is 0.513. The van der Waals surface area contributed by atoms with Gasteiger partial charge in [0.05, 0.1) is 28.0 Å². The maximum Gasteiger partial charge on any atom is 0.247 e. The topological polar surface area (TPSA) is 119 Å². The Bertz CT molecular complexity index is 1240. The van der Waals surface area contributed by atoms with Gasteiger partial charge in [0.2, 0.25) is 11.8 Å². The van der Waals surface area contributed by atoms with Crippen LogP contribution >= 0.6 is 11.3 Å². The van der Waals surface area contributed by atoms with Gasteiger partial charge in [-0.05, 0) is 54.8 Å². The van der Waals surface area contributed by atoms with E-state index in [0.29, 0.717) is 22.6 Å². The molecule has 0 aliphatic carbocycles. The van der Waals surface area contributed by atoms with Gasteiger partial charge in [-0.2, -0.15) is 10.5 Å². The molecule has 29 heavy (non-hydrogen) atoms. The van der Waals surface area contributed by atoms with Crippen LogP contribution < -0.4 is 5.32 Å². The summed E-state index contributed by atoms with van der Waals surface area (Å²) in [5.41, 5.74) is 2.60. The molecule has 0 unspecified atom stereocenters. The normalized spacial score (nSPS) is 12.8. The minimum Gasteiger partial charge on any atom is -0.418 e. The van der Waals surface area contributed by atoms with E-state index in [2.05, 4.69) is 27.7 Å². The van der Waals surface area contributed by atoms with Gasteiger partial charge in [-0.15, -0.1) is 21.5 Å². The van der Waals surface area contributed by atoms with Gasteiger partial charge in [-0.3, -0.25) is 0 Å². The van der Waals surface area contributed by atoms with Gasteiger partial charge < -0.3 is 14.8 Å². The number of nitrogens with zero attached hydrogens (tertiary/aromatic N) is 4. The number of aromatic nitrogens is 2. The number of nitrogens with one attached hydrogen (secondary N) is 1. The summed E-state index contributed by atoms with van der Waals surface area (Å²) in [6.07, 6.45) is -0.811. The zero-order chi connectivity index (χ0) is 20.4. The Morgan fingerprint density at radius 2 is 1.86 bits per heavy atom. The average Bonchev–Trinajstić information content (AvgIpc) is 3.42. The fraction of sp³-hybridized carbons (Fsp3) is 0.143. The predicted octanol–water partition coefficient (Wildman–Crippen LogP) is 4.23. The first kappa shape index (κ1) is 18.6. The number of hydrogen-bond acceptors (Lipinski definition) is 8. The van der Waals surface area contributed by atoms with Crippen molar-refractivity contribution in [3.05, 3.63) is 64.9 Å². The van der Waals surface area contributed by atoms with E-state index < -0.39 is 12.1 Å². The first-order chi connectivity index (χ1) is 14.1. The van der Waals surface area contributed by atoms with Gasteiger partial charge in [0.15, 0.2) is 0 Å². The molecule has 2 aromatic heterocycles. The highest BCUT2D eigenvalue weighted by Gasteiger charge is 2.25. The van der Waals surface area contributed by atoms with Crippen LogP contribution in [0.15, 0.2) is 52.3 Å². The molecule has 0 amide bonds. The predicted molar refractivity (Wildman–Crippen MR) is 109 cm³/mol. The molecular formula is C21H15N5O2S. The lowest BCUT2D eigenvalue weighted by Gasteiger charge is -2.20. The smallest absolute Gasteiger partial charge is 0.247 e. The summed E-state index contributed by atoms with van der Waals surface area (Å²) in [6, 6.07) is 15.9. The maximum absolute atomic E-state index is 10.3. The van der Waals surface area contributed by atoms with E-state index in [1.54, 1.807) is 43.3 Å². The number of thiophene rings is 1. The van der Waals surface area contributed by atoms with Crippen molar-refractivity contribution in [2.24, 2.45) is 0 Å². The summed E-state index contributed by atoms with van der Waals surface area (Å²) in [4.78, 5) is 0. The van der Waals surface area contributed by atoms with Gasteiger partial charge in [0.1, 0.15) is 12.1 Å². The van der Waals surface area contributed by atoms with Gasteiger partial charge in [0.25, 0.3) is 0 Å². The van der Waals surface area contributed by atoms with Crippen LogP contribution in [0.3, 0.4) is 0 Å². The van der Waals surface area contributed by atoms with E-state index in [1.165, 1.54) is 11.3 Å². The van der Waals surface area contributed by atoms with E-state index >= 15 is 0 Å². The Labute approximate surface area is 170 Å². The van der Waals surface area contributed by atoms with Gasteiger partial charge >= 0.3 is 0 Å². The molecule has 2 N–H and O–H groups in total. The van der Waals surface area contributed by atoms with Crippen molar-refractivity contribution in [3.8, 4) is 23.6 Å². The Morgan fingerprint density at radius 3 is 2.55 bits per heavy atom. The molecule has 4 aromatic rings. The molecule has 0 aliphatic rings. The first-order valence-corrected chi connectivity index (χ1v) is 9.67. The maximum atomic E-state index is 10.3. The number of aliphatic hydroxyl groups excluding tert-OH is 1. The molecule has 142 valence electrons. The van der Waals surface area contributed by atoms with Crippen LogP contribution in [0.25, 0.3) is 21.5 Å². The van der Waals surface area contributed by atoms with E-state index in [4.69, 9.17) is 9.68 Å². The zero-order valence-corrected chi connectivity index (χ0v) is 16.1. The van der Waals surface area contributed by atoms with Crippen LogP contribution in [0, 0.1) is 22.7 Å². The first-order valence-electron chi connectivity index (χ1n) is 8.79. The number of aliphatic hydroxyl groups is 1. The van der Waals surface area contributed by atoms with Crippen LogP contribution in [0.4, 0.5) is 5.69 Å². The summed E-state index contributed by atoms with van der Waals surface area (Å²) in [6.45, 7) is 1.64. The van der Waals surface area contributed by atoms with Crippen molar-refractivity contribution in [3.63, 3.8) is 0 Å². The summed E-state index contributed by atoms with van der Waals surface area (Å²) in [5.74, 6) is 0.546. The molecule has 7 nitrogen and oxygen atoms in total. The standard InChI is InChI=1S/C21H15N5O2S/c1-12(27)18(24-17-7-6-15(11-23)19-16(17)8-9-29-19)21-26-25-20(28-21)14-4-2-13(10-22)3-5-14/h2-9,12,18,24,27H,1H3/t12-,18-/m1/s1. The third-order valence-electron chi connectivity index (χ3n) is 4.50. The minimum absolute atomic E-state index is 0.243. The third kappa shape index (κ3) is 3.55. The largest absolute Gasteiger partial charge is 0.418 e. The number of nitriles is 2. The number of benzene rings is 2. The molecule has 4 rings (SSSR count). The second-order valence-electron chi connectivity index (χ2n) is 6.43. The Balaban J connectivity index is 1.66. The molecule has 2 atom stereocenters. The van der Waals surface area contributed by atoms with Gasteiger partial charge in [-0.25, -0.2) is 0 Å². The second kappa shape index (κ2) is 7.72. The number of rotatable bonds is 5. The molecule has 0 radical (unpaired) electrons. The minimum atomic E-state index is -0.811. The number of anilines is 1. The summed E-state index contributed by atoms with van der Waals surface area (Å²) < 4.78 is 6.68. The second-order valence-corrected chi connectivity index (χ2v) is 7.35. The molecule has 0 fully saturated rings. The molecule has 0 saturated heterocycles. The third-order valence-corrected chi connectivity index (χ3v) is 5.45. The summed E-state index contributed by atoms with van der Waals surface area (Å²) in [5, 5.41) is 42.8. The molecule has 0 aliphatic heterocycles. The van der Waals surface area contributed by atoms with E-state index in [-0.39, 0.29) is 5.89 Å². The Hall–Kier alpha value is -3.72. The van der Waals surface area contributed by atoms with Gasteiger partial charge in [-0.1, -0.05) is 0 Å².